The molecule has 1 fully saturated rings. The summed E-state index contributed by atoms with van der Waals surface area (Å²) in [7, 11) is 1.63. The van der Waals surface area contributed by atoms with E-state index in [9.17, 15) is 9.59 Å². The van der Waals surface area contributed by atoms with E-state index in [1.165, 1.54) is 0 Å². The highest BCUT2D eigenvalue weighted by atomic mass is 16.2. The first kappa shape index (κ1) is 15.9. The molecule has 1 heterocycles. The second-order valence-electron chi connectivity index (χ2n) is 5.02. The maximum absolute atomic E-state index is 12.1. The third-order valence-electron chi connectivity index (χ3n) is 3.52. The number of carbonyl (C=O) groups is 2. The lowest BCUT2D eigenvalue weighted by Gasteiger charge is -2.35. The molecule has 6 heteroatoms. The van der Waals surface area contributed by atoms with Gasteiger partial charge in [-0.1, -0.05) is 19.8 Å². The summed E-state index contributed by atoms with van der Waals surface area (Å²) in [6.45, 7) is 5.29. The van der Waals surface area contributed by atoms with Crippen molar-refractivity contribution < 1.29 is 9.59 Å². The van der Waals surface area contributed by atoms with E-state index in [-0.39, 0.29) is 17.9 Å². The van der Waals surface area contributed by atoms with Crippen LogP contribution in [-0.4, -0.2) is 67.4 Å². The Bertz CT molecular complexity index is 301. The molecule has 0 aromatic rings. The fraction of sp³-hybridized carbons (Fsp3) is 0.846. The van der Waals surface area contributed by atoms with Gasteiger partial charge >= 0.3 is 0 Å². The Hall–Kier alpha value is -1.14. The van der Waals surface area contributed by atoms with Crippen molar-refractivity contribution >= 4 is 11.8 Å². The lowest BCUT2D eigenvalue weighted by Crippen LogP contribution is -2.54. The Kier molecular flexibility index (Phi) is 6.80. The zero-order valence-electron chi connectivity index (χ0n) is 12.0. The minimum atomic E-state index is -0.370. The van der Waals surface area contributed by atoms with Gasteiger partial charge < -0.3 is 16.0 Å². The minimum absolute atomic E-state index is 0.0134. The van der Waals surface area contributed by atoms with E-state index in [2.05, 4.69) is 17.1 Å². The van der Waals surface area contributed by atoms with Crippen LogP contribution in [0.1, 0.15) is 26.2 Å². The molecule has 3 N–H and O–H groups in total. The van der Waals surface area contributed by atoms with Gasteiger partial charge in [0.1, 0.15) is 0 Å². The van der Waals surface area contributed by atoms with E-state index in [0.29, 0.717) is 19.6 Å². The second kappa shape index (κ2) is 8.12. The predicted molar refractivity (Wildman–Crippen MR) is 74.6 cm³/mol. The van der Waals surface area contributed by atoms with Crippen LogP contribution in [0.4, 0.5) is 0 Å². The number of amides is 2. The van der Waals surface area contributed by atoms with Crippen LogP contribution in [0, 0.1) is 0 Å². The highest BCUT2D eigenvalue weighted by molar-refractivity contribution is 5.81. The zero-order chi connectivity index (χ0) is 14.3. The number of unbranched alkanes of at least 4 members (excludes halogenated alkanes) is 1. The maximum Gasteiger partial charge on any atom is 0.239 e. The van der Waals surface area contributed by atoms with Crippen LogP contribution in [0.2, 0.25) is 0 Å². The number of piperazine rings is 1. The van der Waals surface area contributed by atoms with E-state index in [1.807, 2.05) is 4.90 Å². The van der Waals surface area contributed by atoms with Crippen molar-refractivity contribution in [2.45, 2.75) is 32.2 Å². The number of carbonyl (C=O) groups excluding carboxylic acids is 2. The summed E-state index contributed by atoms with van der Waals surface area (Å²) in [5, 5.41) is 2.61. The summed E-state index contributed by atoms with van der Waals surface area (Å²) in [5.41, 5.74) is 5.90. The molecule has 0 unspecified atom stereocenters. The molecular formula is C13H26N4O2. The molecule has 1 rings (SSSR count). The topological polar surface area (TPSA) is 78.7 Å². The van der Waals surface area contributed by atoms with Crippen LogP contribution in [0.15, 0.2) is 0 Å². The normalized spacial score (nSPS) is 18.2. The summed E-state index contributed by atoms with van der Waals surface area (Å²) in [6.07, 6.45) is 2.80. The first-order chi connectivity index (χ1) is 9.08. The van der Waals surface area contributed by atoms with Crippen molar-refractivity contribution in [3.05, 3.63) is 0 Å². The van der Waals surface area contributed by atoms with Gasteiger partial charge in [-0.3, -0.25) is 14.5 Å². The fourth-order valence-electron chi connectivity index (χ4n) is 2.19. The zero-order valence-corrected chi connectivity index (χ0v) is 12.0. The Balaban J connectivity index is 2.32. The highest BCUT2D eigenvalue weighted by Crippen LogP contribution is 2.06. The van der Waals surface area contributed by atoms with Gasteiger partial charge in [-0.05, 0) is 6.42 Å². The number of hydrogen-bond acceptors (Lipinski definition) is 4. The van der Waals surface area contributed by atoms with Gasteiger partial charge in [0.25, 0.3) is 0 Å². The lowest BCUT2D eigenvalue weighted by atomic mass is 10.1. The highest BCUT2D eigenvalue weighted by Gasteiger charge is 2.25. The Morgan fingerprint density at radius 2 is 1.89 bits per heavy atom. The number of likely N-dealkylation sites (N-methyl/N-ethyl adjacent to an activating group) is 1. The molecule has 0 aliphatic carbocycles. The molecule has 1 aliphatic rings. The molecule has 1 aliphatic heterocycles. The van der Waals surface area contributed by atoms with Gasteiger partial charge in [0.2, 0.25) is 11.8 Å². The van der Waals surface area contributed by atoms with Crippen LogP contribution in [-0.2, 0) is 9.59 Å². The second-order valence-corrected chi connectivity index (χ2v) is 5.02. The standard InChI is InChI=1S/C13H26N4O2/c1-3-4-5-11(14)13(19)17-8-6-16(7-9-17)10-12(18)15-2/h11H,3-10,14H2,1-2H3,(H,15,18)/t11-/m0/s1. The predicted octanol–water partition coefficient (Wildman–Crippen LogP) is -0.606. The van der Waals surface area contributed by atoms with Crippen molar-refractivity contribution in [3.63, 3.8) is 0 Å². The molecule has 0 aromatic carbocycles. The Morgan fingerprint density at radius 1 is 1.26 bits per heavy atom. The largest absolute Gasteiger partial charge is 0.358 e. The number of nitrogens with zero attached hydrogens (tertiary/aromatic N) is 2. The monoisotopic (exact) mass is 270 g/mol. The molecule has 6 nitrogen and oxygen atoms in total. The summed E-state index contributed by atoms with van der Waals surface area (Å²) in [4.78, 5) is 27.2. The van der Waals surface area contributed by atoms with Crippen molar-refractivity contribution in [1.29, 1.82) is 0 Å². The first-order valence-corrected chi connectivity index (χ1v) is 7.05. The van der Waals surface area contributed by atoms with Gasteiger partial charge in [0.05, 0.1) is 12.6 Å². The molecule has 1 saturated heterocycles. The van der Waals surface area contributed by atoms with Crippen molar-refractivity contribution in [3.8, 4) is 0 Å². The third kappa shape index (κ3) is 5.16. The molecule has 19 heavy (non-hydrogen) atoms. The van der Waals surface area contributed by atoms with Crippen LogP contribution < -0.4 is 11.1 Å². The molecule has 0 spiro atoms. The number of nitrogens with one attached hydrogen (secondary N) is 1. The molecule has 110 valence electrons. The molecule has 1 atom stereocenters. The maximum atomic E-state index is 12.1. The van der Waals surface area contributed by atoms with Crippen molar-refractivity contribution in [1.82, 2.24) is 15.1 Å². The molecule has 2 amide bonds. The number of nitrogens with two attached hydrogens (primary N) is 1. The summed E-state index contributed by atoms with van der Waals surface area (Å²) in [5.74, 6) is 0.0625. The van der Waals surface area contributed by atoms with Crippen LogP contribution in [0.25, 0.3) is 0 Å². The van der Waals surface area contributed by atoms with Gasteiger partial charge in [0.15, 0.2) is 0 Å². The average molecular weight is 270 g/mol. The SMILES string of the molecule is CCCC[C@H](N)C(=O)N1CCN(CC(=O)NC)CC1. The van der Waals surface area contributed by atoms with Crippen LogP contribution in [0.5, 0.6) is 0 Å². The van der Waals surface area contributed by atoms with Crippen LogP contribution >= 0.6 is 0 Å². The molecule has 0 saturated carbocycles. The summed E-state index contributed by atoms with van der Waals surface area (Å²) in [6, 6.07) is -0.370. The average Bonchev–Trinajstić information content (AvgIpc) is 2.44. The first-order valence-electron chi connectivity index (χ1n) is 7.05. The van der Waals surface area contributed by atoms with Gasteiger partial charge in [-0.25, -0.2) is 0 Å². The summed E-state index contributed by atoms with van der Waals surface area (Å²) < 4.78 is 0. The van der Waals surface area contributed by atoms with E-state index < -0.39 is 0 Å². The number of hydrogen-bond donors (Lipinski definition) is 2. The van der Waals surface area contributed by atoms with Crippen LogP contribution in [0.3, 0.4) is 0 Å². The minimum Gasteiger partial charge on any atom is -0.358 e. The quantitative estimate of drug-likeness (QED) is 0.675. The Morgan fingerprint density at radius 3 is 2.42 bits per heavy atom. The van der Waals surface area contributed by atoms with Gasteiger partial charge in [-0.15, -0.1) is 0 Å². The molecular weight excluding hydrogens is 244 g/mol. The van der Waals surface area contributed by atoms with Gasteiger partial charge in [0, 0.05) is 33.2 Å². The van der Waals surface area contributed by atoms with Gasteiger partial charge in [-0.2, -0.15) is 0 Å². The molecule has 0 bridgehead atoms. The lowest BCUT2D eigenvalue weighted by molar-refractivity contribution is -0.134. The fourth-order valence-corrected chi connectivity index (χ4v) is 2.19. The van der Waals surface area contributed by atoms with E-state index >= 15 is 0 Å². The van der Waals surface area contributed by atoms with E-state index in [4.69, 9.17) is 5.73 Å². The smallest absolute Gasteiger partial charge is 0.239 e. The molecule has 0 radical (unpaired) electrons. The van der Waals surface area contributed by atoms with Crippen molar-refractivity contribution in [2.24, 2.45) is 5.73 Å². The Labute approximate surface area is 115 Å². The van der Waals surface area contributed by atoms with E-state index in [0.717, 1.165) is 32.4 Å². The molecule has 0 aromatic heterocycles. The summed E-state index contributed by atoms with van der Waals surface area (Å²) >= 11 is 0. The van der Waals surface area contributed by atoms with Crippen molar-refractivity contribution in [2.75, 3.05) is 39.8 Å². The third-order valence-corrected chi connectivity index (χ3v) is 3.52. The van der Waals surface area contributed by atoms with E-state index in [1.54, 1.807) is 7.05 Å². The number of rotatable bonds is 6.